The molecule has 0 amide bonds. The van der Waals surface area contributed by atoms with E-state index in [1.807, 2.05) is 0 Å². The lowest BCUT2D eigenvalue weighted by Gasteiger charge is -2.16. The molecule has 0 bridgehead atoms. The Morgan fingerprint density at radius 3 is 0.889 bits per heavy atom. The predicted octanol–water partition coefficient (Wildman–Crippen LogP) is 15.1. The average Bonchev–Trinajstić information content (AvgIpc) is 3.74. The minimum absolute atomic E-state index is 1.24. The van der Waals surface area contributed by atoms with Crippen molar-refractivity contribution in [1.82, 2.24) is 0 Å². The first-order valence-electron chi connectivity index (χ1n) is 18.8. The van der Waals surface area contributed by atoms with Gasteiger partial charge in [0.1, 0.15) is 0 Å². The molecule has 0 fully saturated rings. The van der Waals surface area contributed by atoms with E-state index in [4.69, 9.17) is 0 Å². The molecule has 0 aliphatic heterocycles. The van der Waals surface area contributed by atoms with Crippen molar-refractivity contribution in [2.45, 2.75) is 0 Å². The molecule has 0 radical (unpaired) electrons. The van der Waals surface area contributed by atoms with Crippen molar-refractivity contribution in [2.24, 2.45) is 0 Å². The maximum absolute atomic E-state index is 2.46. The molecule has 0 nitrogen and oxygen atoms in total. The topological polar surface area (TPSA) is 0 Å². The van der Waals surface area contributed by atoms with Crippen LogP contribution in [-0.2, 0) is 0 Å². The lowest BCUT2D eigenvalue weighted by molar-refractivity contribution is 1.59. The minimum atomic E-state index is 1.24. The average molecular weight is 681 g/mol. The second kappa shape index (κ2) is 11.2. The van der Waals surface area contributed by atoms with Crippen LogP contribution in [0.2, 0.25) is 0 Å². The van der Waals surface area contributed by atoms with Gasteiger partial charge in [-0.15, -0.1) is 0 Å². The Balaban J connectivity index is 1.12. The molecule has 248 valence electrons. The fourth-order valence-corrected chi connectivity index (χ4v) is 9.57. The molecule has 0 unspecified atom stereocenters. The lowest BCUT2D eigenvalue weighted by atomic mass is 9.87. The van der Waals surface area contributed by atoms with Gasteiger partial charge in [-0.2, -0.15) is 0 Å². The fourth-order valence-electron chi connectivity index (χ4n) is 9.57. The highest BCUT2D eigenvalue weighted by atomic mass is 14.3. The van der Waals surface area contributed by atoms with E-state index in [0.29, 0.717) is 0 Å². The van der Waals surface area contributed by atoms with Gasteiger partial charge < -0.3 is 0 Å². The van der Waals surface area contributed by atoms with Gasteiger partial charge in [-0.25, -0.2) is 0 Å². The van der Waals surface area contributed by atoms with E-state index in [0.717, 1.165) is 0 Å². The molecule has 0 heteroatoms. The van der Waals surface area contributed by atoms with Crippen LogP contribution in [0.1, 0.15) is 0 Å². The van der Waals surface area contributed by atoms with Crippen molar-refractivity contribution < 1.29 is 0 Å². The van der Waals surface area contributed by atoms with Crippen LogP contribution in [0.4, 0.5) is 0 Å². The van der Waals surface area contributed by atoms with Crippen LogP contribution in [0.25, 0.3) is 121 Å². The van der Waals surface area contributed by atoms with E-state index >= 15 is 0 Å². The van der Waals surface area contributed by atoms with E-state index in [2.05, 4.69) is 194 Å². The van der Waals surface area contributed by atoms with Crippen LogP contribution in [0.3, 0.4) is 0 Å². The third-order valence-corrected chi connectivity index (χ3v) is 11.9. The molecule has 2 aliphatic rings. The third kappa shape index (κ3) is 4.14. The molecule has 0 aromatic heterocycles. The fraction of sp³-hybridized carbons (Fsp3) is 0. The number of benzene rings is 10. The zero-order chi connectivity index (χ0) is 35.3. The van der Waals surface area contributed by atoms with Crippen LogP contribution < -0.4 is 0 Å². The highest BCUT2D eigenvalue weighted by molar-refractivity contribution is 6.29. The summed E-state index contributed by atoms with van der Waals surface area (Å²) in [6.45, 7) is 0. The maximum atomic E-state index is 2.46. The Labute approximate surface area is 314 Å². The van der Waals surface area contributed by atoms with E-state index < -0.39 is 0 Å². The molecule has 0 heterocycles. The first-order valence-corrected chi connectivity index (χ1v) is 18.8. The second-order valence-corrected chi connectivity index (χ2v) is 14.7. The van der Waals surface area contributed by atoms with Gasteiger partial charge in [-0.05, 0) is 146 Å². The maximum Gasteiger partial charge on any atom is -0.00134 e. The Morgan fingerprint density at radius 1 is 0.204 bits per heavy atom. The smallest absolute Gasteiger partial charge is 0.00134 e. The Morgan fingerprint density at radius 2 is 0.500 bits per heavy atom. The summed E-state index contributed by atoms with van der Waals surface area (Å²) in [4.78, 5) is 0. The number of hydrogen-bond acceptors (Lipinski definition) is 0. The van der Waals surface area contributed by atoms with Crippen LogP contribution >= 0.6 is 0 Å². The second-order valence-electron chi connectivity index (χ2n) is 14.7. The minimum Gasteiger partial charge on any atom is -0.0622 e. The summed E-state index contributed by atoms with van der Waals surface area (Å²) in [5, 5.41) is 7.86. The highest BCUT2D eigenvalue weighted by Gasteiger charge is 2.32. The molecule has 0 saturated heterocycles. The van der Waals surface area contributed by atoms with Crippen molar-refractivity contribution in [1.29, 1.82) is 0 Å². The molecule has 0 atom stereocenters. The summed E-state index contributed by atoms with van der Waals surface area (Å²) >= 11 is 0. The van der Waals surface area contributed by atoms with Crippen molar-refractivity contribution in [2.75, 3.05) is 0 Å². The summed E-state index contributed by atoms with van der Waals surface area (Å²) in [6.07, 6.45) is 0. The first-order chi connectivity index (χ1) is 26.8. The first kappa shape index (κ1) is 29.5. The molecule has 10 aromatic carbocycles. The molecular weight excluding hydrogens is 649 g/mol. The normalized spacial score (nSPS) is 12.1. The zero-order valence-electron chi connectivity index (χ0n) is 29.5. The number of fused-ring (bicyclic) bond motifs is 8. The summed E-state index contributed by atoms with van der Waals surface area (Å²) in [5.41, 5.74) is 20.7. The molecular formula is C54H32. The molecule has 2 aliphatic carbocycles. The van der Waals surface area contributed by atoms with Crippen LogP contribution in [0.5, 0.6) is 0 Å². The summed E-state index contributed by atoms with van der Waals surface area (Å²) in [5.74, 6) is 0. The summed E-state index contributed by atoms with van der Waals surface area (Å²) in [6, 6.07) is 72.1. The molecule has 0 saturated carbocycles. The number of hydrogen-bond donors (Lipinski definition) is 0. The van der Waals surface area contributed by atoms with Gasteiger partial charge in [0, 0.05) is 0 Å². The molecule has 0 spiro atoms. The monoisotopic (exact) mass is 680 g/mol. The van der Waals surface area contributed by atoms with Gasteiger partial charge in [-0.3, -0.25) is 0 Å². The van der Waals surface area contributed by atoms with Crippen LogP contribution in [0, 0.1) is 0 Å². The van der Waals surface area contributed by atoms with Gasteiger partial charge in [-0.1, -0.05) is 170 Å². The molecule has 12 rings (SSSR count). The van der Waals surface area contributed by atoms with Crippen molar-refractivity contribution in [3.05, 3.63) is 194 Å². The van der Waals surface area contributed by atoms with Crippen LogP contribution in [0.15, 0.2) is 194 Å². The predicted molar refractivity (Wildman–Crippen MR) is 230 cm³/mol. The largest absolute Gasteiger partial charge is 0.0622 e. The van der Waals surface area contributed by atoms with Crippen LogP contribution in [-0.4, -0.2) is 0 Å². The van der Waals surface area contributed by atoms with Gasteiger partial charge in [0.2, 0.25) is 0 Å². The van der Waals surface area contributed by atoms with Crippen molar-refractivity contribution >= 4 is 32.3 Å². The van der Waals surface area contributed by atoms with Crippen molar-refractivity contribution in [3.63, 3.8) is 0 Å². The molecule has 54 heavy (non-hydrogen) atoms. The van der Waals surface area contributed by atoms with E-state index in [1.165, 1.54) is 121 Å². The van der Waals surface area contributed by atoms with E-state index in [9.17, 15) is 0 Å². The lowest BCUT2D eigenvalue weighted by Crippen LogP contribution is -1.89. The summed E-state index contributed by atoms with van der Waals surface area (Å²) < 4.78 is 0. The SMILES string of the molecule is c1ccc(-c2ccc(-c3ccccc3)c3c2-c2ccc4c5c(ccc-3c25)-c2cc3cc5c(-c6ccccc6)ccc(-c6ccccc6)c5cc3cc2-4)cc1. The Hall–Kier alpha value is -7.02. The van der Waals surface area contributed by atoms with Crippen molar-refractivity contribution in [3.8, 4) is 89.0 Å². The van der Waals surface area contributed by atoms with E-state index in [-0.39, 0.29) is 0 Å². The van der Waals surface area contributed by atoms with Gasteiger partial charge in [0.25, 0.3) is 0 Å². The summed E-state index contributed by atoms with van der Waals surface area (Å²) in [7, 11) is 0. The standard InChI is InChI=1S/C54H32/c1-5-13-33(14-6-1)39-21-22-40(34-15-7-2-8-16-34)48-30-38-32-50-44-26-28-46-52-42(36-19-11-4-12-20-36)24-23-41(35-17-9-3-10-18-35)51(52)45-27-25-43(53(44)54(45)46)49(50)31-37(38)29-47(39)48/h1-32H. The Kier molecular flexibility index (Phi) is 6.15. The third-order valence-electron chi connectivity index (χ3n) is 11.9. The quantitative estimate of drug-likeness (QED) is 0.162. The number of rotatable bonds is 4. The van der Waals surface area contributed by atoms with Gasteiger partial charge >= 0.3 is 0 Å². The van der Waals surface area contributed by atoms with Gasteiger partial charge in [0.15, 0.2) is 0 Å². The van der Waals surface area contributed by atoms with E-state index in [1.54, 1.807) is 0 Å². The Bertz CT molecular complexity index is 2950. The highest BCUT2D eigenvalue weighted by Crippen LogP contribution is 2.60. The molecule has 10 aromatic rings. The zero-order valence-corrected chi connectivity index (χ0v) is 29.5. The van der Waals surface area contributed by atoms with Gasteiger partial charge in [0.05, 0.1) is 0 Å². The molecule has 0 N–H and O–H groups in total.